The van der Waals surface area contributed by atoms with Crippen LogP contribution in [-0.2, 0) is 4.79 Å². The molecule has 25 heavy (non-hydrogen) atoms. The summed E-state index contributed by atoms with van der Waals surface area (Å²) in [4.78, 5) is 37.8. The minimum absolute atomic E-state index is 0.155. The van der Waals surface area contributed by atoms with Gasteiger partial charge in [0.05, 0.1) is 11.1 Å². The third-order valence-corrected chi connectivity index (χ3v) is 4.81. The number of imide groups is 1. The lowest BCUT2D eigenvalue weighted by molar-refractivity contribution is -0.116. The van der Waals surface area contributed by atoms with E-state index in [1.54, 1.807) is 30.3 Å². The van der Waals surface area contributed by atoms with Crippen molar-refractivity contribution in [1.29, 1.82) is 0 Å². The van der Waals surface area contributed by atoms with Gasteiger partial charge in [-0.25, -0.2) is 0 Å². The molecule has 128 valence electrons. The summed E-state index contributed by atoms with van der Waals surface area (Å²) >= 11 is 6.65. The van der Waals surface area contributed by atoms with E-state index in [1.807, 2.05) is 12.1 Å². The number of anilines is 1. The molecule has 0 atom stereocenters. The standard InChI is InChI=1S/C18H14Br2N2O3/c19-11-3-1-4-13(9-11)21-16(23)5-2-8-22-17(24)14-7-6-12(20)10-15(14)18(22)25/h1,3-4,6-7,9-10H,2,5,8H2,(H,21,23). The van der Waals surface area contributed by atoms with E-state index in [4.69, 9.17) is 0 Å². The van der Waals surface area contributed by atoms with Gasteiger partial charge in [-0.3, -0.25) is 19.3 Å². The maximum atomic E-state index is 12.3. The zero-order chi connectivity index (χ0) is 18.0. The van der Waals surface area contributed by atoms with Crippen molar-refractivity contribution < 1.29 is 14.4 Å². The Bertz CT molecular complexity index is 867. The fourth-order valence-corrected chi connectivity index (χ4v) is 3.41. The van der Waals surface area contributed by atoms with Crippen molar-refractivity contribution >= 4 is 55.3 Å². The van der Waals surface area contributed by atoms with Crippen LogP contribution in [0.2, 0.25) is 0 Å². The van der Waals surface area contributed by atoms with E-state index in [0.29, 0.717) is 23.2 Å². The van der Waals surface area contributed by atoms with Crippen LogP contribution in [0.5, 0.6) is 0 Å². The van der Waals surface area contributed by atoms with Gasteiger partial charge >= 0.3 is 0 Å². The maximum absolute atomic E-state index is 12.3. The van der Waals surface area contributed by atoms with Crippen LogP contribution in [0, 0.1) is 0 Å². The molecular weight excluding hydrogens is 452 g/mol. The third kappa shape index (κ3) is 3.99. The molecule has 0 saturated carbocycles. The van der Waals surface area contributed by atoms with Crippen LogP contribution in [0.15, 0.2) is 51.4 Å². The van der Waals surface area contributed by atoms with E-state index in [2.05, 4.69) is 37.2 Å². The number of fused-ring (bicyclic) bond motifs is 1. The average Bonchev–Trinajstić information content (AvgIpc) is 2.79. The molecule has 1 heterocycles. The summed E-state index contributed by atoms with van der Waals surface area (Å²) in [5.74, 6) is -0.772. The Labute approximate surface area is 161 Å². The van der Waals surface area contributed by atoms with Gasteiger partial charge in [0.2, 0.25) is 5.91 Å². The first-order valence-corrected chi connectivity index (χ1v) is 9.25. The van der Waals surface area contributed by atoms with Crippen molar-refractivity contribution in [3.63, 3.8) is 0 Å². The lowest BCUT2D eigenvalue weighted by Crippen LogP contribution is -2.31. The van der Waals surface area contributed by atoms with Gasteiger partial charge < -0.3 is 5.32 Å². The molecule has 0 fully saturated rings. The predicted octanol–water partition coefficient (Wildman–Crippen LogP) is 4.23. The summed E-state index contributed by atoms with van der Waals surface area (Å²) < 4.78 is 1.63. The SMILES string of the molecule is O=C(CCCN1C(=O)c2ccc(Br)cc2C1=O)Nc1cccc(Br)c1. The molecule has 2 aromatic carbocycles. The van der Waals surface area contributed by atoms with Crippen LogP contribution in [0.3, 0.4) is 0 Å². The second-order valence-electron chi connectivity index (χ2n) is 5.61. The van der Waals surface area contributed by atoms with Crippen LogP contribution in [0.1, 0.15) is 33.6 Å². The largest absolute Gasteiger partial charge is 0.326 e. The number of hydrogen-bond acceptors (Lipinski definition) is 3. The minimum Gasteiger partial charge on any atom is -0.326 e. The molecule has 1 aliphatic rings. The Morgan fingerprint density at radius 3 is 2.44 bits per heavy atom. The van der Waals surface area contributed by atoms with E-state index in [0.717, 1.165) is 8.95 Å². The van der Waals surface area contributed by atoms with Gasteiger partial charge in [-0.15, -0.1) is 0 Å². The fourth-order valence-electron chi connectivity index (χ4n) is 2.65. The Hall–Kier alpha value is -1.99. The first kappa shape index (κ1) is 17.8. The van der Waals surface area contributed by atoms with Gasteiger partial charge in [0.15, 0.2) is 0 Å². The van der Waals surface area contributed by atoms with Gasteiger partial charge in [-0.05, 0) is 42.8 Å². The number of halogens is 2. The number of carbonyl (C=O) groups is 3. The second kappa shape index (κ2) is 7.49. The van der Waals surface area contributed by atoms with Crippen LogP contribution < -0.4 is 5.32 Å². The topological polar surface area (TPSA) is 66.5 Å². The number of rotatable bonds is 5. The van der Waals surface area contributed by atoms with Gasteiger partial charge in [0.1, 0.15) is 0 Å². The maximum Gasteiger partial charge on any atom is 0.261 e. The first-order chi connectivity index (χ1) is 12.0. The molecule has 0 aromatic heterocycles. The predicted molar refractivity (Wildman–Crippen MR) is 102 cm³/mol. The fraction of sp³-hybridized carbons (Fsp3) is 0.167. The third-order valence-electron chi connectivity index (χ3n) is 3.83. The van der Waals surface area contributed by atoms with Gasteiger partial charge in [0.25, 0.3) is 11.8 Å². The summed E-state index contributed by atoms with van der Waals surface area (Å²) in [7, 11) is 0. The van der Waals surface area contributed by atoms with Crippen molar-refractivity contribution in [1.82, 2.24) is 4.90 Å². The molecule has 0 aliphatic carbocycles. The van der Waals surface area contributed by atoms with Crippen LogP contribution in [0.25, 0.3) is 0 Å². The van der Waals surface area contributed by atoms with Crippen molar-refractivity contribution in [3.05, 3.63) is 62.5 Å². The van der Waals surface area contributed by atoms with Crippen molar-refractivity contribution in [2.75, 3.05) is 11.9 Å². The lowest BCUT2D eigenvalue weighted by atomic mass is 10.1. The van der Waals surface area contributed by atoms with E-state index in [1.165, 1.54) is 4.90 Å². The van der Waals surface area contributed by atoms with E-state index >= 15 is 0 Å². The molecule has 1 aliphatic heterocycles. The monoisotopic (exact) mass is 464 g/mol. The summed E-state index contributed by atoms with van der Waals surface area (Å²) in [6.07, 6.45) is 0.635. The molecule has 0 radical (unpaired) electrons. The highest BCUT2D eigenvalue weighted by Gasteiger charge is 2.35. The summed E-state index contributed by atoms with van der Waals surface area (Å²) in [5.41, 5.74) is 1.51. The molecule has 0 unspecified atom stereocenters. The number of nitrogens with zero attached hydrogens (tertiary/aromatic N) is 1. The van der Waals surface area contributed by atoms with E-state index in [-0.39, 0.29) is 30.7 Å². The highest BCUT2D eigenvalue weighted by Crippen LogP contribution is 2.26. The van der Waals surface area contributed by atoms with E-state index in [9.17, 15) is 14.4 Å². The van der Waals surface area contributed by atoms with E-state index < -0.39 is 0 Å². The Kier molecular flexibility index (Phi) is 5.34. The molecule has 2 aromatic rings. The highest BCUT2D eigenvalue weighted by atomic mass is 79.9. The number of benzene rings is 2. The van der Waals surface area contributed by atoms with Crippen LogP contribution in [0.4, 0.5) is 5.69 Å². The molecule has 5 nitrogen and oxygen atoms in total. The van der Waals surface area contributed by atoms with Crippen LogP contribution in [-0.4, -0.2) is 29.2 Å². The first-order valence-electron chi connectivity index (χ1n) is 7.67. The van der Waals surface area contributed by atoms with Gasteiger partial charge in [-0.1, -0.05) is 37.9 Å². The average molecular weight is 466 g/mol. The molecule has 0 bridgehead atoms. The zero-order valence-electron chi connectivity index (χ0n) is 13.1. The second-order valence-corrected chi connectivity index (χ2v) is 7.45. The Morgan fingerprint density at radius 2 is 1.68 bits per heavy atom. The Balaban J connectivity index is 1.55. The van der Waals surface area contributed by atoms with Gasteiger partial charge in [-0.2, -0.15) is 0 Å². The lowest BCUT2D eigenvalue weighted by Gasteiger charge is -2.13. The smallest absolute Gasteiger partial charge is 0.261 e. The van der Waals surface area contributed by atoms with Crippen molar-refractivity contribution in [2.45, 2.75) is 12.8 Å². The molecule has 3 rings (SSSR count). The summed E-state index contributed by atoms with van der Waals surface area (Å²) in [6, 6.07) is 12.3. The molecular formula is C18H14Br2N2O3. The molecule has 0 saturated heterocycles. The Morgan fingerprint density at radius 1 is 0.960 bits per heavy atom. The minimum atomic E-state index is -0.311. The van der Waals surface area contributed by atoms with Crippen molar-refractivity contribution in [3.8, 4) is 0 Å². The number of nitrogens with one attached hydrogen (secondary N) is 1. The van der Waals surface area contributed by atoms with Gasteiger partial charge in [0, 0.05) is 27.6 Å². The number of carbonyl (C=O) groups excluding carboxylic acids is 3. The zero-order valence-corrected chi connectivity index (χ0v) is 16.3. The van der Waals surface area contributed by atoms with Crippen molar-refractivity contribution in [2.24, 2.45) is 0 Å². The quantitative estimate of drug-likeness (QED) is 0.672. The molecule has 3 amide bonds. The van der Waals surface area contributed by atoms with Crippen LogP contribution >= 0.6 is 31.9 Å². The summed E-state index contributed by atoms with van der Waals surface area (Å²) in [6.45, 7) is 0.218. The number of hydrogen-bond donors (Lipinski definition) is 1. The normalized spacial score (nSPS) is 13.1. The molecule has 7 heteroatoms. The molecule has 0 spiro atoms. The molecule has 1 N–H and O–H groups in total. The number of amides is 3. The highest BCUT2D eigenvalue weighted by molar-refractivity contribution is 9.10. The summed E-state index contributed by atoms with van der Waals surface area (Å²) in [5, 5.41) is 2.79.